The molecule has 5 heteroatoms. The van der Waals surface area contributed by atoms with Gasteiger partial charge in [-0.15, -0.1) is 0 Å². The molecule has 0 saturated carbocycles. The molecule has 1 atom stereocenters. The van der Waals surface area contributed by atoms with Crippen molar-refractivity contribution in [3.8, 4) is 0 Å². The lowest BCUT2D eigenvalue weighted by atomic mass is 10.2. The van der Waals surface area contributed by atoms with Gasteiger partial charge in [0.15, 0.2) is 8.83 Å². The third kappa shape index (κ3) is 4.47. The number of rotatable bonds is 4. The minimum atomic E-state index is -0.764. The molecule has 0 N–H and O–H groups in total. The molecule has 1 unspecified atom stereocenters. The summed E-state index contributed by atoms with van der Waals surface area (Å²) in [6.07, 6.45) is 0.810. The van der Waals surface area contributed by atoms with Gasteiger partial charge in [-0.25, -0.2) is 0 Å². The van der Waals surface area contributed by atoms with Crippen molar-refractivity contribution in [3.05, 3.63) is 0 Å². The number of halogens is 2. The van der Waals surface area contributed by atoms with Gasteiger partial charge in [-0.05, 0) is 20.3 Å². The molecule has 0 aromatic rings. The molecule has 0 saturated heterocycles. The van der Waals surface area contributed by atoms with Crippen molar-refractivity contribution in [2.45, 2.75) is 37.2 Å². The van der Waals surface area contributed by atoms with Crippen molar-refractivity contribution in [2.24, 2.45) is 0 Å². The van der Waals surface area contributed by atoms with E-state index in [-0.39, 0.29) is 11.7 Å². The summed E-state index contributed by atoms with van der Waals surface area (Å²) >= 11 is 8.94. The fourth-order valence-corrected chi connectivity index (χ4v) is 1.89. The maximum absolute atomic E-state index is 11.3. The predicted octanol–water partition coefficient (Wildman–Crippen LogP) is 1.76. The van der Waals surface area contributed by atoms with Gasteiger partial charge in [0, 0.05) is 0 Å². The SMILES string of the molecule is CCC(OC(=O)C(C)(C)Br)[SiH2]Cl. The van der Waals surface area contributed by atoms with Crippen molar-refractivity contribution in [1.29, 1.82) is 0 Å². The maximum Gasteiger partial charge on any atom is 0.322 e. The zero-order valence-corrected chi connectivity index (χ0v) is 11.3. The monoisotopic (exact) mass is 272 g/mol. The molecule has 0 aliphatic heterocycles. The molecule has 0 radical (unpaired) electrons. The number of esters is 1. The summed E-state index contributed by atoms with van der Waals surface area (Å²) in [6, 6.07) is 0. The van der Waals surface area contributed by atoms with Crippen LogP contribution in [0.25, 0.3) is 0 Å². The van der Waals surface area contributed by atoms with Crippen LogP contribution in [0.1, 0.15) is 27.2 Å². The summed E-state index contributed by atoms with van der Waals surface area (Å²) in [6.45, 7) is 5.49. The molecule has 0 bridgehead atoms. The van der Waals surface area contributed by atoms with Gasteiger partial charge in [0.25, 0.3) is 0 Å². The summed E-state index contributed by atoms with van der Waals surface area (Å²) in [7, 11) is -0.764. The van der Waals surface area contributed by atoms with E-state index in [0.29, 0.717) is 0 Å². The lowest BCUT2D eigenvalue weighted by Crippen LogP contribution is -2.32. The molecule has 0 aromatic heterocycles. The first-order valence-electron chi connectivity index (χ1n) is 3.87. The molecule has 0 aliphatic rings. The minimum absolute atomic E-state index is 0.0315. The highest BCUT2D eigenvalue weighted by Crippen LogP contribution is 2.18. The van der Waals surface area contributed by atoms with Gasteiger partial charge in [-0.1, -0.05) is 22.9 Å². The first-order chi connectivity index (χ1) is 5.41. The van der Waals surface area contributed by atoms with Crippen LogP contribution in [0.3, 0.4) is 0 Å². The highest BCUT2D eigenvalue weighted by molar-refractivity contribution is 9.10. The zero-order chi connectivity index (χ0) is 9.78. The Labute approximate surface area is 88.7 Å². The highest BCUT2D eigenvalue weighted by atomic mass is 79.9. The summed E-state index contributed by atoms with van der Waals surface area (Å²) in [5.74, 6) is -0.234. The predicted molar refractivity (Wildman–Crippen MR) is 57.6 cm³/mol. The van der Waals surface area contributed by atoms with Crippen molar-refractivity contribution >= 4 is 41.8 Å². The smallest absolute Gasteiger partial charge is 0.322 e. The van der Waals surface area contributed by atoms with Gasteiger partial charge in [0.2, 0.25) is 0 Å². The zero-order valence-electron chi connectivity index (χ0n) is 7.56. The number of alkyl halides is 1. The third-order valence-corrected chi connectivity index (χ3v) is 3.83. The van der Waals surface area contributed by atoms with E-state index in [1.165, 1.54) is 0 Å². The Bertz CT molecular complexity index is 154. The molecule has 0 aromatic carbocycles. The molecule has 0 amide bonds. The van der Waals surface area contributed by atoms with Crippen LogP contribution in [0.5, 0.6) is 0 Å². The summed E-state index contributed by atoms with van der Waals surface area (Å²) < 4.78 is 4.56. The van der Waals surface area contributed by atoms with Crippen LogP contribution in [0.4, 0.5) is 0 Å². The molecule has 0 rings (SSSR count). The Kier molecular flexibility index (Phi) is 5.44. The number of carbonyl (C=O) groups excluding carboxylic acids is 1. The van der Waals surface area contributed by atoms with Crippen molar-refractivity contribution in [3.63, 3.8) is 0 Å². The standard InChI is InChI=1S/C7H14BrClO2Si/c1-4-5(12-9)11-6(10)7(2,3)8/h5H,4,12H2,1-3H3. The summed E-state index contributed by atoms with van der Waals surface area (Å²) in [5.41, 5.74) is -0.0315. The Morgan fingerprint density at radius 3 is 2.50 bits per heavy atom. The second kappa shape index (κ2) is 5.24. The van der Waals surface area contributed by atoms with Crippen LogP contribution in [0, 0.1) is 0 Å². The van der Waals surface area contributed by atoms with Crippen LogP contribution in [-0.2, 0) is 9.53 Å². The number of carbonyl (C=O) groups is 1. The average Bonchev–Trinajstić information content (AvgIpc) is 1.97. The van der Waals surface area contributed by atoms with Gasteiger partial charge in [0.05, 0.1) is 5.73 Å². The van der Waals surface area contributed by atoms with Gasteiger partial charge in [-0.3, -0.25) is 4.79 Å². The fourth-order valence-electron chi connectivity index (χ4n) is 0.515. The first kappa shape index (κ1) is 12.5. The second-order valence-corrected chi connectivity index (χ2v) is 7.19. The van der Waals surface area contributed by atoms with E-state index in [9.17, 15) is 4.79 Å². The van der Waals surface area contributed by atoms with Crippen LogP contribution >= 0.6 is 27.0 Å². The molecule has 72 valence electrons. The summed E-state index contributed by atoms with van der Waals surface area (Å²) in [5, 5.41) is 0. The molecular formula is C7H14BrClO2Si. The van der Waals surface area contributed by atoms with E-state index >= 15 is 0 Å². The van der Waals surface area contributed by atoms with Crippen molar-refractivity contribution < 1.29 is 9.53 Å². The molecule has 2 nitrogen and oxygen atoms in total. The largest absolute Gasteiger partial charge is 0.464 e. The van der Waals surface area contributed by atoms with E-state index < -0.39 is 13.2 Å². The molecule has 12 heavy (non-hydrogen) atoms. The molecule has 0 fully saturated rings. The van der Waals surface area contributed by atoms with Crippen molar-refractivity contribution in [2.75, 3.05) is 0 Å². The first-order valence-corrected chi connectivity index (χ1v) is 7.62. The van der Waals surface area contributed by atoms with Gasteiger partial charge >= 0.3 is 5.97 Å². The topological polar surface area (TPSA) is 26.3 Å². The fraction of sp³-hybridized carbons (Fsp3) is 0.857. The Morgan fingerprint density at radius 2 is 2.25 bits per heavy atom. The van der Waals surface area contributed by atoms with Gasteiger partial charge in [-0.2, -0.15) is 11.1 Å². The lowest BCUT2D eigenvalue weighted by Gasteiger charge is -2.19. The summed E-state index contributed by atoms with van der Waals surface area (Å²) in [4.78, 5) is 11.3. The number of ether oxygens (including phenoxy) is 1. The minimum Gasteiger partial charge on any atom is -0.464 e. The molecular weight excluding hydrogens is 260 g/mol. The van der Waals surface area contributed by atoms with Crippen LogP contribution in [-0.4, -0.2) is 24.9 Å². The lowest BCUT2D eigenvalue weighted by molar-refractivity contribution is -0.147. The van der Waals surface area contributed by atoms with Crippen LogP contribution < -0.4 is 0 Å². The van der Waals surface area contributed by atoms with E-state index in [1.807, 2.05) is 6.92 Å². The van der Waals surface area contributed by atoms with E-state index in [2.05, 4.69) is 15.9 Å². The van der Waals surface area contributed by atoms with Crippen LogP contribution in [0.15, 0.2) is 0 Å². The Balaban J connectivity index is 3.99. The molecule has 0 aliphatic carbocycles. The Hall–Kier alpha value is 0.457. The maximum atomic E-state index is 11.3. The van der Waals surface area contributed by atoms with Gasteiger partial charge in [0.1, 0.15) is 4.32 Å². The molecule has 0 heterocycles. The van der Waals surface area contributed by atoms with Crippen molar-refractivity contribution in [1.82, 2.24) is 0 Å². The molecule has 0 spiro atoms. The highest BCUT2D eigenvalue weighted by Gasteiger charge is 2.27. The van der Waals surface area contributed by atoms with E-state index in [1.54, 1.807) is 13.8 Å². The van der Waals surface area contributed by atoms with E-state index in [0.717, 1.165) is 6.42 Å². The van der Waals surface area contributed by atoms with E-state index in [4.69, 9.17) is 15.8 Å². The van der Waals surface area contributed by atoms with Gasteiger partial charge < -0.3 is 4.74 Å². The third-order valence-electron chi connectivity index (χ3n) is 1.39. The quantitative estimate of drug-likeness (QED) is 0.338. The van der Waals surface area contributed by atoms with Crippen LogP contribution in [0.2, 0.25) is 0 Å². The number of hydrogen-bond acceptors (Lipinski definition) is 2. The normalized spacial score (nSPS) is 15.1. The Morgan fingerprint density at radius 1 is 1.75 bits per heavy atom. The number of hydrogen-bond donors (Lipinski definition) is 0. The second-order valence-electron chi connectivity index (χ2n) is 3.06. The average molecular weight is 274 g/mol.